The van der Waals surface area contributed by atoms with Gasteiger partial charge in [-0.05, 0) is 30.5 Å². The quantitative estimate of drug-likeness (QED) is 0.753. The fourth-order valence-corrected chi connectivity index (χ4v) is 3.75. The van der Waals surface area contributed by atoms with Gasteiger partial charge in [-0.3, -0.25) is 0 Å². The summed E-state index contributed by atoms with van der Waals surface area (Å²) in [5.41, 5.74) is 2.25. The zero-order valence-electron chi connectivity index (χ0n) is 15.0. The maximum Gasteiger partial charge on any atom is 0.354 e. The molecule has 1 aliphatic heterocycles. The second kappa shape index (κ2) is 7.61. The van der Waals surface area contributed by atoms with Crippen LogP contribution in [0.1, 0.15) is 40.6 Å². The Hall–Kier alpha value is -3.15. The number of pyridine rings is 1. The van der Waals surface area contributed by atoms with Crippen LogP contribution in [0.3, 0.4) is 0 Å². The van der Waals surface area contributed by atoms with Crippen molar-refractivity contribution in [3.05, 3.63) is 78.1 Å². The molecule has 6 heteroatoms. The van der Waals surface area contributed by atoms with E-state index in [2.05, 4.69) is 43.7 Å². The number of aromatic nitrogens is 3. The lowest BCUT2D eigenvalue weighted by Crippen LogP contribution is -2.35. The van der Waals surface area contributed by atoms with Gasteiger partial charge in [-0.15, -0.1) is 0 Å². The van der Waals surface area contributed by atoms with Crippen LogP contribution in [0.2, 0.25) is 0 Å². The minimum Gasteiger partial charge on any atom is -0.477 e. The summed E-state index contributed by atoms with van der Waals surface area (Å²) in [5, 5.41) is 9.19. The van der Waals surface area contributed by atoms with Gasteiger partial charge in [0, 0.05) is 49.8 Å². The number of nitrogens with zero attached hydrogens (tertiary/aromatic N) is 4. The number of carbonyl (C=O) groups is 1. The molecule has 0 spiro atoms. The van der Waals surface area contributed by atoms with E-state index in [1.54, 1.807) is 12.3 Å². The molecule has 4 rings (SSSR count). The Morgan fingerprint density at radius 1 is 1.15 bits per heavy atom. The van der Waals surface area contributed by atoms with Crippen LogP contribution in [0.25, 0.3) is 0 Å². The molecule has 1 aliphatic rings. The van der Waals surface area contributed by atoms with Gasteiger partial charge in [-0.2, -0.15) is 0 Å². The van der Waals surface area contributed by atoms with Crippen molar-refractivity contribution in [1.82, 2.24) is 14.5 Å². The Labute approximate surface area is 158 Å². The van der Waals surface area contributed by atoms with Crippen molar-refractivity contribution in [2.75, 3.05) is 18.0 Å². The number of anilines is 1. The summed E-state index contributed by atoms with van der Waals surface area (Å²) in [6, 6.07) is 13.9. The van der Waals surface area contributed by atoms with E-state index in [0.29, 0.717) is 5.92 Å². The first kappa shape index (κ1) is 17.3. The third kappa shape index (κ3) is 3.84. The lowest BCUT2D eigenvalue weighted by Gasteiger charge is -2.34. The highest BCUT2D eigenvalue weighted by atomic mass is 16.4. The van der Waals surface area contributed by atoms with Crippen molar-refractivity contribution >= 4 is 11.7 Å². The second-order valence-electron chi connectivity index (χ2n) is 6.89. The van der Waals surface area contributed by atoms with E-state index in [-0.39, 0.29) is 5.69 Å². The molecule has 0 amide bonds. The van der Waals surface area contributed by atoms with E-state index in [1.807, 2.05) is 24.5 Å². The number of piperidine rings is 1. The largest absolute Gasteiger partial charge is 0.477 e. The van der Waals surface area contributed by atoms with E-state index < -0.39 is 5.97 Å². The highest BCUT2D eigenvalue weighted by Crippen LogP contribution is 2.29. The number of rotatable bonds is 5. The van der Waals surface area contributed by atoms with Crippen LogP contribution < -0.4 is 4.90 Å². The van der Waals surface area contributed by atoms with Crippen molar-refractivity contribution in [2.45, 2.75) is 25.3 Å². The monoisotopic (exact) mass is 362 g/mol. The Balaban J connectivity index is 1.53. The first-order valence-corrected chi connectivity index (χ1v) is 9.20. The topological polar surface area (TPSA) is 71.2 Å². The SMILES string of the molecule is O=C(O)c1cc(N2CCC[C@H](c3nccn3Cc3ccccc3)C2)ccn1. The Bertz CT molecular complexity index is 923. The van der Waals surface area contributed by atoms with Crippen molar-refractivity contribution in [2.24, 2.45) is 0 Å². The number of hydrogen-bond acceptors (Lipinski definition) is 4. The van der Waals surface area contributed by atoms with E-state index in [9.17, 15) is 9.90 Å². The number of carboxylic acid groups (broad SMARTS) is 1. The van der Waals surface area contributed by atoms with Gasteiger partial charge in [0.05, 0.1) is 0 Å². The molecule has 138 valence electrons. The summed E-state index contributed by atoms with van der Waals surface area (Å²) >= 11 is 0. The Morgan fingerprint density at radius 2 is 2.00 bits per heavy atom. The minimum absolute atomic E-state index is 0.0835. The van der Waals surface area contributed by atoms with Crippen LogP contribution >= 0.6 is 0 Å². The first-order valence-electron chi connectivity index (χ1n) is 9.20. The third-order valence-corrected chi connectivity index (χ3v) is 5.06. The van der Waals surface area contributed by atoms with Gasteiger partial charge < -0.3 is 14.6 Å². The van der Waals surface area contributed by atoms with Gasteiger partial charge in [-0.1, -0.05) is 30.3 Å². The van der Waals surface area contributed by atoms with Gasteiger partial charge in [0.25, 0.3) is 0 Å². The predicted molar refractivity (Wildman–Crippen MR) is 103 cm³/mol. The average molecular weight is 362 g/mol. The van der Waals surface area contributed by atoms with Gasteiger partial charge in [0.1, 0.15) is 11.5 Å². The van der Waals surface area contributed by atoms with Gasteiger partial charge in [0.15, 0.2) is 0 Å². The second-order valence-corrected chi connectivity index (χ2v) is 6.89. The smallest absolute Gasteiger partial charge is 0.354 e. The molecule has 27 heavy (non-hydrogen) atoms. The van der Waals surface area contributed by atoms with Crippen LogP contribution in [-0.2, 0) is 6.54 Å². The summed E-state index contributed by atoms with van der Waals surface area (Å²) in [4.78, 5) is 22.0. The number of benzene rings is 1. The van der Waals surface area contributed by atoms with Crippen LogP contribution in [0.15, 0.2) is 61.1 Å². The van der Waals surface area contributed by atoms with Crippen LogP contribution in [0.5, 0.6) is 0 Å². The fourth-order valence-electron chi connectivity index (χ4n) is 3.75. The molecule has 2 aromatic heterocycles. The molecule has 1 saturated heterocycles. The van der Waals surface area contributed by atoms with Crippen molar-refractivity contribution in [3.63, 3.8) is 0 Å². The van der Waals surface area contributed by atoms with E-state index in [1.165, 1.54) is 5.56 Å². The van der Waals surface area contributed by atoms with Crippen LogP contribution in [0.4, 0.5) is 5.69 Å². The lowest BCUT2D eigenvalue weighted by molar-refractivity contribution is 0.0690. The predicted octanol–water partition coefficient (Wildman–Crippen LogP) is 3.41. The molecule has 1 atom stereocenters. The molecule has 1 aromatic carbocycles. The standard InChI is InChI=1S/C21H22N4O2/c26-21(27)19-13-18(8-9-22-19)24-11-4-7-17(15-24)20-23-10-12-25(20)14-16-5-2-1-3-6-16/h1-3,5-6,8-10,12-13,17H,4,7,11,14-15H2,(H,26,27)/t17-/m0/s1. The molecule has 0 unspecified atom stereocenters. The van der Waals surface area contributed by atoms with Gasteiger partial charge in [0.2, 0.25) is 0 Å². The van der Waals surface area contributed by atoms with E-state index in [4.69, 9.17) is 0 Å². The third-order valence-electron chi connectivity index (χ3n) is 5.06. The van der Waals surface area contributed by atoms with Crippen molar-refractivity contribution in [3.8, 4) is 0 Å². The molecule has 1 fully saturated rings. The van der Waals surface area contributed by atoms with Gasteiger partial charge in [-0.25, -0.2) is 14.8 Å². The van der Waals surface area contributed by atoms with Gasteiger partial charge >= 0.3 is 5.97 Å². The summed E-state index contributed by atoms with van der Waals surface area (Å²) < 4.78 is 2.22. The molecule has 3 heterocycles. The zero-order valence-corrected chi connectivity index (χ0v) is 15.0. The molecule has 0 saturated carbocycles. The van der Waals surface area contributed by atoms with Crippen LogP contribution in [-0.4, -0.2) is 38.7 Å². The molecule has 0 radical (unpaired) electrons. The normalized spacial score (nSPS) is 17.0. The zero-order chi connectivity index (χ0) is 18.6. The van der Waals surface area contributed by atoms with Crippen LogP contribution in [0, 0.1) is 0 Å². The maximum atomic E-state index is 11.2. The first-order chi connectivity index (χ1) is 13.2. The maximum absolute atomic E-state index is 11.2. The molecule has 0 bridgehead atoms. The highest BCUT2D eigenvalue weighted by molar-refractivity contribution is 5.86. The molecular formula is C21H22N4O2. The lowest BCUT2D eigenvalue weighted by atomic mass is 9.96. The summed E-state index contributed by atoms with van der Waals surface area (Å²) in [6.07, 6.45) is 7.61. The number of imidazole rings is 1. The minimum atomic E-state index is -0.996. The van der Waals surface area contributed by atoms with E-state index >= 15 is 0 Å². The molecule has 1 N–H and O–H groups in total. The van der Waals surface area contributed by atoms with E-state index in [0.717, 1.165) is 44.0 Å². The highest BCUT2D eigenvalue weighted by Gasteiger charge is 2.25. The average Bonchev–Trinajstić information content (AvgIpc) is 3.17. The summed E-state index contributed by atoms with van der Waals surface area (Å²) in [5.74, 6) is 0.416. The number of hydrogen-bond donors (Lipinski definition) is 1. The molecule has 6 nitrogen and oxygen atoms in total. The van der Waals surface area contributed by atoms with Crippen molar-refractivity contribution < 1.29 is 9.90 Å². The fraction of sp³-hybridized carbons (Fsp3) is 0.286. The Morgan fingerprint density at radius 3 is 2.81 bits per heavy atom. The Kier molecular flexibility index (Phi) is 4.87. The van der Waals surface area contributed by atoms with Crippen molar-refractivity contribution in [1.29, 1.82) is 0 Å². The molecular weight excluding hydrogens is 340 g/mol. The number of carboxylic acids is 1. The summed E-state index contributed by atoms with van der Waals surface area (Å²) in [6.45, 7) is 2.55. The molecule has 0 aliphatic carbocycles. The summed E-state index contributed by atoms with van der Waals surface area (Å²) in [7, 11) is 0. The molecule has 3 aromatic rings. The number of aromatic carboxylic acids is 1.